The molecule has 2 atom stereocenters. The predicted molar refractivity (Wildman–Crippen MR) is 37.2 cm³/mol. The topological polar surface area (TPSA) is 0 Å². The minimum Gasteiger partial charge on any atom is -0.171 e. The van der Waals surface area contributed by atoms with Crippen molar-refractivity contribution in [3.05, 3.63) is 0 Å². The van der Waals surface area contributed by atoms with Gasteiger partial charge in [-0.15, -0.1) is 0 Å². The number of alkyl halides is 3. The summed E-state index contributed by atoms with van der Waals surface area (Å²) in [6.07, 6.45) is -2.27. The Morgan fingerprint density at radius 1 is 1.36 bits per heavy atom. The molecule has 0 aliphatic heterocycles. The number of halogens is 3. The SMILES string of the molecule is CC1CCCC1(C)C(F)(F)F. The molecule has 11 heavy (non-hydrogen) atoms. The van der Waals surface area contributed by atoms with Gasteiger partial charge in [0, 0.05) is 0 Å². The van der Waals surface area contributed by atoms with E-state index < -0.39 is 11.6 Å². The van der Waals surface area contributed by atoms with Crippen LogP contribution in [0.3, 0.4) is 0 Å². The van der Waals surface area contributed by atoms with Gasteiger partial charge in [0.25, 0.3) is 0 Å². The molecule has 1 aliphatic carbocycles. The van der Waals surface area contributed by atoms with Crippen molar-refractivity contribution >= 4 is 0 Å². The van der Waals surface area contributed by atoms with E-state index in [0.29, 0.717) is 6.42 Å². The van der Waals surface area contributed by atoms with E-state index in [1.54, 1.807) is 6.92 Å². The zero-order valence-electron chi connectivity index (χ0n) is 6.83. The Morgan fingerprint density at radius 2 is 1.91 bits per heavy atom. The molecule has 1 fully saturated rings. The third-order valence-corrected chi connectivity index (χ3v) is 3.07. The first-order valence-corrected chi connectivity index (χ1v) is 3.94. The highest BCUT2D eigenvalue weighted by Gasteiger charge is 2.55. The molecule has 2 unspecified atom stereocenters. The summed E-state index contributed by atoms with van der Waals surface area (Å²) >= 11 is 0. The van der Waals surface area contributed by atoms with Crippen LogP contribution in [0.4, 0.5) is 13.2 Å². The van der Waals surface area contributed by atoms with Gasteiger partial charge >= 0.3 is 6.18 Å². The zero-order valence-corrected chi connectivity index (χ0v) is 6.83. The Bertz CT molecular complexity index is 150. The first kappa shape index (κ1) is 8.88. The minimum atomic E-state index is -4.01. The molecule has 0 aromatic heterocycles. The van der Waals surface area contributed by atoms with E-state index >= 15 is 0 Å². The van der Waals surface area contributed by atoms with Crippen molar-refractivity contribution < 1.29 is 13.2 Å². The summed E-state index contributed by atoms with van der Waals surface area (Å²) in [5.74, 6) is -0.206. The Morgan fingerprint density at radius 3 is 2.09 bits per heavy atom. The van der Waals surface area contributed by atoms with Crippen LogP contribution in [-0.2, 0) is 0 Å². The summed E-state index contributed by atoms with van der Waals surface area (Å²) in [6.45, 7) is 3.03. The van der Waals surface area contributed by atoms with Crippen molar-refractivity contribution in [1.29, 1.82) is 0 Å². The smallest absolute Gasteiger partial charge is 0.171 e. The third kappa shape index (κ3) is 1.25. The lowest BCUT2D eigenvalue weighted by Crippen LogP contribution is -2.37. The van der Waals surface area contributed by atoms with Crippen LogP contribution >= 0.6 is 0 Å². The second-order valence-corrected chi connectivity index (χ2v) is 3.71. The molecular formula is C8H13F3. The minimum absolute atomic E-state index is 0.206. The molecule has 0 nitrogen and oxygen atoms in total. The zero-order chi connectivity index (χ0) is 8.70. The molecule has 3 heteroatoms. The standard InChI is InChI=1S/C8H13F3/c1-6-4-3-5-7(6,2)8(9,10)11/h6H,3-5H2,1-2H3. The van der Waals surface area contributed by atoms with E-state index in [-0.39, 0.29) is 5.92 Å². The summed E-state index contributed by atoms with van der Waals surface area (Å²) in [4.78, 5) is 0. The number of hydrogen-bond donors (Lipinski definition) is 0. The van der Waals surface area contributed by atoms with E-state index in [1.165, 1.54) is 6.92 Å². The molecule has 0 N–H and O–H groups in total. The van der Waals surface area contributed by atoms with Crippen molar-refractivity contribution in [2.24, 2.45) is 11.3 Å². The highest BCUT2D eigenvalue weighted by molar-refractivity contribution is 4.91. The van der Waals surface area contributed by atoms with Crippen LogP contribution in [0, 0.1) is 11.3 Å². The number of rotatable bonds is 0. The first-order chi connectivity index (χ1) is 4.88. The quantitative estimate of drug-likeness (QED) is 0.517. The van der Waals surface area contributed by atoms with Crippen LogP contribution in [0.5, 0.6) is 0 Å². The maximum absolute atomic E-state index is 12.4. The monoisotopic (exact) mass is 166 g/mol. The molecule has 1 aliphatic rings. The van der Waals surface area contributed by atoms with Crippen LogP contribution in [0.25, 0.3) is 0 Å². The molecule has 0 radical (unpaired) electrons. The van der Waals surface area contributed by atoms with Gasteiger partial charge in [-0.05, 0) is 18.8 Å². The van der Waals surface area contributed by atoms with Crippen molar-refractivity contribution in [3.8, 4) is 0 Å². The highest BCUT2D eigenvalue weighted by Crippen LogP contribution is 2.53. The Kier molecular flexibility index (Phi) is 1.93. The summed E-state index contributed by atoms with van der Waals surface area (Å²) in [7, 11) is 0. The lowest BCUT2D eigenvalue weighted by atomic mass is 9.80. The van der Waals surface area contributed by atoms with Gasteiger partial charge in [-0.3, -0.25) is 0 Å². The second kappa shape index (κ2) is 2.39. The molecule has 1 rings (SSSR count). The molecule has 0 amide bonds. The van der Waals surface area contributed by atoms with E-state index in [1.807, 2.05) is 0 Å². The molecule has 0 aromatic rings. The van der Waals surface area contributed by atoms with Crippen LogP contribution in [0.2, 0.25) is 0 Å². The molecule has 0 bridgehead atoms. The average Bonchev–Trinajstić information content (AvgIpc) is 2.12. The highest BCUT2D eigenvalue weighted by atomic mass is 19.4. The van der Waals surface area contributed by atoms with Gasteiger partial charge in [-0.1, -0.05) is 20.3 Å². The van der Waals surface area contributed by atoms with Gasteiger partial charge in [-0.25, -0.2) is 0 Å². The van der Waals surface area contributed by atoms with Gasteiger partial charge in [0.15, 0.2) is 0 Å². The fraction of sp³-hybridized carbons (Fsp3) is 1.00. The molecule has 0 aromatic carbocycles. The van der Waals surface area contributed by atoms with Gasteiger partial charge in [0.05, 0.1) is 5.41 Å². The average molecular weight is 166 g/mol. The van der Waals surface area contributed by atoms with Gasteiger partial charge < -0.3 is 0 Å². The van der Waals surface area contributed by atoms with Crippen LogP contribution in [0.15, 0.2) is 0 Å². The summed E-state index contributed by atoms with van der Waals surface area (Å²) in [6, 6.07) is 0. The van der Waals surface area contributed by atoms with Gasteiger partial charge in [0.2, 0.25) is 0 Å². The molecule has 0 heterocycles. The van der Waals surface area contributed by atoms with Crippen LogP contribution in [0.1, 0.15) is 33.1 Å². The van der Waals surface area contributed by atoms with Crippen molar-refractivity contribution in [3.63, 3.8) is 0 Å². The number of hydrogen-bond acceptors (Lipinski definition) is 0. The van der Waals surface area contributed by atoms with E-state index in [9.17, 15) is 13.2 Å². The third-order valence-electron chi connectivity index (χ3n) is 3.07. The van der Waals surface area contributed by atoms with Crippen molar-refractivity contribution in [2.45, 2.75) is 39.3 Å². The molecule has 66 valence electrons. The molecule has 1 saturated carbocycles. The fourth-order valence-electron chi connectivity index (χ4n) is 1.76. The first-order valence-electron chi connectivity index (χ1n) is 3.94. The summed E-state index contributed by atoms with van der Waals surface area (Å²) in [5, 5.41) is 0. The maximum Gasteiger partial charge on any atom is 0.394 e. The van der Waals surface area contributed by atoms with Gasteiger partial charge in [-0.2, -0.15) is 13.2 Å². The Balaban J connectivity index is 2.81. The van der Waals surface area contributed by atoms with Crippen molar-refractivity contribution in [2.75, 3.05) is 0 Å². The van der Waals surface area contributed by atoms with Crippen LogP contribution < -0.4 is 0 Å². The predicted octanol–water partition coefficient (Wildman–Crippen LogP) is 3.38. The maximum atomic E-state index is 12.4. The van der Waals surface area contributed by atoms with Crippen LogP contribution in [-0.4, -0.2) is 6.18 Å². The van der Waals surface area contributed by atoms with E-state index in [2.05, 4.69) is 0 Å². The molecular weight excluding hydrogens is 153 g/mol. The lowest BCUT2D eigenvalue weighted by Gasteiger charge is -2.31. The molecule has 0 saturated heterocycles. The normalized spacial score (nSPS) is 39.5. The van der Waals surface area contributed by atoms with E-state index in [0.717, 1.165) is 12.8 Å². The van der Waals surface area contributed by atoms with Crippen molar-refractivity contribution in [1.82, 2.24) is 0 Å². The Labute approximate surface area is 64.8 Å². The molecule has 0 spiro atoms. The summed E-state index contributed by atoms with van der Waals surface area (Å²) < 4.78 is 37.2. The summed E-state index contributed by atoms with van der Waals surface area (Å²) in [5.41, 5.74) is -1.41. The van der Waals surface area contributed by atoms with Gasteiger partial charge in [0.1, 0.15) is 0 Å². The second-order valence-electron chi connectivity index (χ2n) is 3.71. The lowest BCUT2D eigenvalue weighted by molar-refractivity contribution is -0.227. The Hall–Kier alpha value is -0.210. The fourth-order valence-corrected chi connectivity index (χ4v) is 1.76. The van der Waals surface area contributed by atoms with E-state index in [4.69, 9.17) is 0 Å². The largest absolute Gasteiger partial charge is 0.394 e.